The second kappa shape index (κ2) is 7.49. The molecular formula is C16H26FNO. The first kappa shape index (κ1) is 16.0. The Morgan fingerprint density at radius 1 is 1.32 bits per heavy atom. The fourth-order valence-electron chi connectivity index (χ4n) is 2.51. The predicted molar refractivity (Wildman–Crippen MR) is 78.0 cm³/mol. The number of rotatable bonds is 8. The van der Waals surface area contributed by atoms with Crippen molar-refractivity contribution in [2.45, 2.75) is 46.0 Å². The molecule has 0 bridgehead atoms. The summed E-state index contributed by atoms with van der Waals surface area (Å²) < 4.78 is 18.7. The Kier molecular flexibility index (Phi) is 6.29. The van der Waals surface area contributed by atoms with Gasteiger partial charge in [0, 0.05) is 0 Å². The van der Waals surface area contributed by atoms with Crippen LogP contribution in [0.1, 0.15) is 45.1 Å². The lowest BCUT2D eigenvalue weighted by Crippen LogP contribution is -2.32. The van der Waals surface area contributed by atoms with Crippen molar-refractivity contribution in [1.29, 1.82) is 0 Å². The highest BCUT2D eigenvalue weighted by molar-refractivity contribution is 5.30. The Labute approximate surface area is 116 Å². The standard InChI is InChI=1S/C16H26FNO/c1-4-6-9-16(5-2,12-18)11-13-7-8-15(19-3)14(17)10-13/h7-8,10H,4-6,9,11-12,18H2,1-3H3. The van der Waals surface area contributed by atoms with E-state index in [0.29, 0.717) is 12.3 Å². The number of hydrogen-bond acceptors (Lipinski definition) is 2. The van der Waals surface area contributed by atoms with Crippen LogP contribution in [0, 0.1) is 11.2 Å². The number of benzene rings is 1. The molecule has 0 aliphatic rings. The smallest absolute Gasteiger partial charge is 0.165 e. The largest absolute Gasteiger partial charge is 0.494 e. The van der Waals surface area contributed by atoms with Gasteiger partial charge in [0.25, 0.3) is 0 Å². The first-order chi connectivity index (χ1) is 9.10. The summed E-state index contributed by atoms with van der Waals surface area (Å²) in [7, 11) is 1.48. The van der Waals surface area contributed by atoms with E-state index in [-0.39, 0.29) is 11.2 Å². The minimum atomic E-state index is -0.294. The maximum atomic E-state index is 13.7. The molecule has 0 aliphatic heterocycles. The molecule has 1 unspecified atom stereocenters. The summed E-state index contributed by atoms with van der Waals surface area (Å²) in [6.07, 6.45) is 5.30. The Hall–Kier alpha value is -1.09. The van der Waals surface area contributed by atoms with Crippen LogP contribution in [-0.4, -0.2) is 13.7 Å². The maximum Gasteiger partial charge on any atom is 0.165 e. The molecule has 0 saturated heterocycles. The SMILES string of the molecule is CCCCC(CC)(CN)Cc1ccc(OC)c(F)c1. The van der Waals surface area contributed by atoms with E-state index in [1.807, 2.05) is 6.07 Å². The molecular weight excluding hydrogens is 241 g/mol. The van der Waals surface area contributed by atoms with Crippen molar-refractivity contribution < 1.29 is 9.13 Å². The number of hydrogen-bond donors (Lipinski definition) is 1. The maximum absolute atomic E-state index is 13.7. The minimum absolute atomic E-state index is 0.0943. The third-order valence-corrected chi connectivity index (χ3v) is 4.04. The zero-order valence-electron chi connectivity index (χ0n) is 12.3. The molecule has 3 heteroatoms. The van der Waals surface area contributed by atoms with E-state index in [0.717, 1.165) is 24.8 Å². The second-order valence-electron chi connectivity index (χ2n) is 5.31. The highest BCUT2D eigenvalue weighted by atomic mass is 19.1. The molecule has 1 aromatic rings. The molecule has 0 amide bonds. The third kappa shape index (κ3) is 4.20. The van der Waals surface area contributed by atoms with Crippen LogP contribution >= 0.6 is 0 Å². The van der Waals surface area contributed by atoms with E-state index < -0.39 is 0 Å². The van der Waals surface area contributed by atoms with Crippen LogP contribution < -0.4 is 10.5 Å². The van der Waals surface area contributed by atoms with Crippen molar-refractivity contribution in [2.75, 3.05) is 13.7 Å². The summed E-state index contributed by atoms with van der Waals surface area (Å²) in [5.41, 5.74) is 7.08. The molecule has 108 valence electrons. The average molecular weight is 267 g/mol. The molecule has 1 rings (SSSR count). The molecule has 2 nitrogen and oxygen atoms in total. The molecule has 0 heterocycles. The van der Waals surface area contributed by atoms with E-state index in [9.17, 15) is 4.39 Å². The Morgan fingerprint density at radius 3 is 2.53 bits per heavy atom. The molecule has 19 heavy (non-hydrogen) atoms. The summed E-state index contributed by atoms with van der Waals surface area (Å²) in [5, 5.41) is 0. The molecule has 1 atom stereocenters. The number of nitrogens with two attached hydrogens (primary N) is 1. The molecule has 1 aromatic carbocycles. The van der Waals surface area contributed by atoms with Crippen molar-refractivity contribution in [3.8, 4) is 5.75 Å². The monoisotopic (exact) mass is 267 g/mol. The summed E-state index contributed by atoms with van der Waals surface area (Å²) in [4.78, 5) is 0. The van der Waals surface area contributed by atoms with Crippen LogP contribution in [0.3, 0.4) is 0 Å². The first-order valence-corrected chi connectivity index (χ1v) is 7.13. The summed E-state index contributed by atoms with van der Waals surface area (Å²) in [5.74, 6) is 0.00433. The average Bonchev–Trinajstić information content (AvgIpc) is 2.44. The van der Waals surface area contributed by atoms with Gasteiger partial charge in [-0.05, 0) is 48.9 Å². The fourth-order valence-corrected chi connectivity index (χ4v) is 2.51. The molecule has 0 saturated carbocycles. The van der Waals surface area contributed by atoms with Crippen LogP contribution in [0.15, 0.2) is 18.2 Å². The van der Waals surface area contributed by atoms with Crippen molar-refractivity contribution in [3.63, 3.8) is 0 Å². The number of unbranched alkanes of at least 4 members (excludes halogenated alkanes) is 1. The van der Waals surface area contributed by atoms with Gasteiger partial charge in [0.15, 0.2) is 11.6 Å². The zero-order chi connectivity index (χ0) is 14.3. The van der Waals surface area contributed by atoms with E-state index in [1.54, 1.807) is 12.1 Å². The van der Waals surface area contributed by atoms with Gasteiger partial charge in [0.1, 0.15) is 0 Å². The van der Waals surface area contributed by atoms with Crippen LogP contribution in [-0.2, 0) is 6.42 Å². The lowest BCUT2D eigenvalue weighted by atomic mass is 9.75. The fraction of sp³-hybridized carbons (Fsp3) is 0.625. The summed E-state index contributed by atoms with van der Waals surface area (Å²) in [6, 6.07) is 5.21. The van der Waals surface area contributed by atoms with Crippen LogP contribution in [0.4, 0.5) is 4.39 Å². The van der Waals surface area contributed by atoms with Gasteiger partial charge in [0.05, 0.1) is 7.11 Å². The normalized spacial score (nSPS) is 14.2. The van der Waals surface area contributed by atoms with Crippen molar-refractivity contribution >= 4 is 0 Å². The third-order valence-electron chi connectivity index (χ3n) is 4.04. The number of ether oxygens (including phenoxy) is 1. The van der Waals surface area contributed by atoms with Gasteiger partial charge >= 0.3 is 0 Å². The van der Waals surface area contributed by atoms with Crippen molar-refractivity contribution in [3.05, 3.63) is 29.6 Å². The summed E-state index contributed by atoms with van der Waals surface area (Å²) >= 11 is 0. The molecule has 0 radical (unpaired) electrons. The van der Waals surface area contributed by atoms with Gasteiger partial charge in [-0.3, -0.25) is 0 Å². The number of halogens is 1. The van der Waals surface area contributed by atoms with Crippen LogP contribution in [0.2, 0.25) is 0 Å². The molecule has 0 aromatic heterocycles. The van der Waals surface area contributed by atoms with Crippen LogP contribution in [0.5, 0.6) is 5.75 Å². The minimum Gasteiger partial charge on any atom is -0.494 e. The molecule has 0 aliphatic carbocycles. The van der Waals surface area contributed by atoms with E-state index >= 15 is 0 Å². The van der Waals surface area contributed by atoms with Gasteiger partial charge in [-0.2, -0.15) is 0 Å². The lowest BCUT2D eigenvalue weighted by Gasteiger charge is -2.31. The van der Waals surface area contributed by atoms with E-state index in [1.165, 1.54) is 20.0 Å². The number of methoxy groups -OCH3 is 1. The van der Waals surface area contributed by atoms with Gasteiger partial charge in [0.2, 0.25) is 0 Å². The second-order valence-corrected chi connectivity index (χ2v) is 5.31. The molecule has 0 fully saturated rings. The van der Waals surface area contributed by atoms with E-state index in [2.05, 4.69) is 13.8 Å². The summed E-state index contributed by atoms with van der Waals surface area (Å²) in [6.45, 7) is 5.00. The zero-order valence-corrected chi connectivity index (χ0v) is 12.3. The molecule has 2 N–H and O–H groups in total. The van der Waals surface area contributed by atoms with Crippen molar-refractivity contribution in [1.82, 2.24) is 0 Å². The Bertz CT molecular complexity index is 388. The predicted octanol–water partition coefficient (Wildman–Crippen LogP) is 3.92. The van der Waals surface area contributed by atoms with Gasteiger partial charge in [-0.25, -0.2) is 4.39 Å². The molecule has 0 spiro atoms. The topological polar surface area (TPSA) is 35.2 Å². The van der Waals surface area contributed by atoms with Gasteiger partial charge in [-0.15, -0.1) is 0 Å². The van der Waals surface area contributed by atoms with Crippen molar-refractivity contribution in [2.24, 2.45) is 11.1 Å². The van der Waals surface area contributed by atoms with Crippen LogP contribution in [0.25, 0.3) is 0 Å². The highest BCUT2D eigenvalue weighted by Gasteiger charge is 2.26. The lowest BCUT2D eigenvalue weighted by molar-refractivity contribution is 0.250. The Morgan fingerprint density at radius 2 is 2.05 bits per heavy atom. The van der Waals surface area contributed by atoms with E-state index in [4.69, 9.17) is 10.5 Å². The quantitative estimate of drug-likeness (QED) is 0.774. The van der Waals surface area contributed by atoms with Gasteiger partial charge < -0.3 is 10.5 Å². The van der Waals surface area contributed by atoms with Gasteiger partial charge in [-0.1, -0.05) is 32.8 Å². The Balaban J connectivity index is 2.86. The first-order valence-electron chi connectivity index (χ1n) is 7.13. The highest BCUT2D eigenvalue weighted by Crippen LogP contribution is 2.33.